The molecule has 3 aromatic heterocycles. The highest BCUT2D eigenvalue weighted by molar-refractivity contribution is 7.20. The van der Waals surface area contributed by atoms with Crippen LogP contribution in [0.15, 0.2) is 34.3 Å². The van der Waals surface area contributed by atoms with Crippen LogP contribution in [0, 0.1) is 0 Å². The summed E-state index contributed by atoms with van der Waals surface area (Å²) in [6, 6.07) is 5.32. The van der Waals surface area contributed by atoms with Gasteiger partial charge in [-0.25, -0.2) is 9.78 Å². The molecule has 0 aliphatic rings. The summed E-state index contributed by atoms with van der Waals surface area (Å²) in [5.41, 5.74) is 5.59. The van der Waals surface area contributed by atoms with Gasteiger partial charge in [0.25, 0.3) is 11.8 Å². The van der Waals surface area contributed by atoms with Gasteiger partial charge in [-0.15, -0.1) is 34.0 Å². The van der Waals surface area contributed by atoms with Crippen molar-refractivity contribution in [2.45, 2.75) is 13.0 Å². The zero-order chi connectivity index (χ0) is 18.7. The normalized spacial score (nSPS) is 11.7. The Kier molecular flexibility index (Phi) is 5.45. The van der Waals surface area contributed by atoms with E-state index >= 15 is 0 Å². The summed E-state index contributed by atoms with van der Waals surface area (Å²) in [5, 5.41) is 8.72. The highest BCUT2D eigenvalue weighted by Gasteiger charge is 2.23. The Bertz CT molecular complexity index is 946. The minimum Gasteiger partial charge on any atom is -0.448 e. The van der Waals surface area contributed by atoms with Crippen molar-refractivity contribution in [2.24, 2.45) is 5.73 Å². The smallest absolute Gasteiger partial charge is 0.358 e. The molecule has 1 atom stereocenters. The monoisotopic (exact) mass is 407 g/mol. The molecule has 10 heteroatoms. The molecule has 0 spiro atoms. The molecule has 0 aliphatic heterocycles. The quantitative estimate of drug-likeness (QED) is 0.610. The molecule has 3 N–H and O–H groups in total. The number of nitrogens with one attached hydrogen (secondary N) is 1. The standard InChI is InChI=1S/C16H13N3O4S3/c1-8(13(21)19-14-9(12(17)20)4-6-25-14)23-16(22)10-7-26-15(18-10)11-3-2-5-24-11/h2-8H,1H3,(H2,17,20)(H,19,21). The summed E-state index contributed by atoms with van der Waals surface area (Å²) in [6.07, 6.45) is -1.06. The molecule has 3 aromatic rings. The maximum Gasteiger partial charge on any atom is 0.358 e. The van der Waals surface area contributed by atoms with Crippen LogP contribution < -0.4 is 11.1 Å². The zero-order valence-electron chi connectivity index (χ0n) is 13.4. The Hall–Kier alpha value is -2.56. The number of carbonyl (C=O) groups excluding carboxylic acids is 3. The van der Waals surface area contributed by atoms with Gasteiger partial charge in [0, 0.05) is 5.38 Å². The van der Waals surface area contributed by atoms with Gasteiger partial charge in [0.15, 0.2) is 11.8 Å². The molecule has 1 unspecified atom stereocenters. The highest BCUT2D eigenvalue weighted by atomic mass is 32.1. The number of aromatic nitrogens is 1. The van der Waals surface area contributed by atoms with Crippen LogP contribution >= 0.6 is 34.0 Å². The lowest BCUT2D eigenvalue weighted by Crippen LogP contribution is -2.30. The van der Waals surface area contributed by atoms with E-state index in [1.165, 1.54) is 35.7 Å². The van der Waals surface area contributed by atoms with Crippen molar-refractivity contribution in [3.05, 3.63) is 45.6 Å². The third kappa shape index (κ3) is 3.98. The fourth-order valence-electron chi connectivity index (χ4n) is 1.97. The lowest BCUT2D eigenvalue weighted by Gasteiger charge is -2.12. The molecule has 3 heterocycles. The molecule has 0 saturated carbocycles. The Morgan fingerprint density at radius 2 is 2.00 bits per heavy atom. The number of thiophene rings is 2. The number of rotatable bonds is 6. The van der Waals surface area contributed by atoms with E-state index in [1.54, 1.807) is 10.8 Å². The third-order valence-corrected chi connectivity index (χ3v) is 5.98. The van der Waals surface area contributed by atoms with Gasteiger partial charge < -0.3 is 15.8 Å². The molecule has 0 radical (unpaired) electrons. The molecule has 26 heavy (non-hydrogen) atoms. The predicted octanol–water partition coefficient (Wildman–Crippen LogP) is 3.22. The summed E-state index contributed by atoms with van der Waals surface area (Å²) >= 11 is 4.01. The summed E-state index contributed by atoms with van der Waals surface area (Å²) in [5.74, 6) is -1.89. The van der Waals surface area contributed by atoms with Gasteiger partial charge in [-0.1, -0.05) is 6.07 Å². The molecule has 2 amide bonds. The van der Waals surface area contributed by atoms with E-state index in [9.17, 15) is 14.4 Å². The number of primary amides is 1. The summed E-state index contributed by atoms with van der Waals surface area (Å²) in [7, 11) is 0. The zero-order valence-corrected chi connectivity index (χ0v) is 15.9. The maximum atomic E-state index is 12.2. The molecule has 134 valence electrons. The highest BCUT2D eigenvalue weighted by Crippen LogP contribution is 2.28. The fourth-order valence-corrected chi connectivity index (χ4v) is 4.37. The van der Waals surface area contributed by atoms with Crippen LogP contribution in [0.25, 0.3) is 9.88 Å². The minimum absolute atomic E-state index is 0.145. The van der Waals surface area contributed by atoms with Crippen LogP contribution in [0.2, 0.25) is 0 Å². The number of nitrogens with zero attached hydrogens (tertiary/aromatic N) is 1. The Morgan fingerprint density at radius 3 is 2.69 bits per heavy atom. The number of thiazole rings is 1. The summed E-state index contributed by atoms with van der Waals surface area (Å²) in [6.45, 7) is 1.44. The van der Waals surface area contributed by atoms with Crippen LogP contribution in [-0.2, 0) is 9.53 Å². The van der Waals surface area contributed by atoms with Crippen molar-refractivity contribution in [1.82, 2.24) is 4.98 Å². The number of amides is 2. The number of carbonyl (C=O) groups is 3. The van der Waals surface area contributed by atoms with Gasteiger partial charge in [-0.05, 0) is 29.8 Å². The van der Waals surface area contributed by atoms with Crippen molar-refractivity contribution in [3.8, 4) is 9.88 Å². The second-order valence-electron chi connectivity index (χ2n) is 5.08. The molecule has 0 fully saturated rings. The Balaban J connectivity index is 1.63. The average molecular weight is 407 g/mol. The Labute approximate surface area is 160 Å². The topological polar surface area (TPSA) is 111 Å². The average Bonchev–Trinajstić information content (AvgIpc) is 3.34. The van der Waals surface area contributed by atoms with Crippen molar-refractivity contribution >= 4 is 56.8 Å². The lowest BCUT2D eigenvalue weighted by atomic mass is 10.3. The van der Waals surface area contributed by atoms with Crippen molar-refractivity contribution < 1.29 is 19.1 Å². The molecule has 7 nitrogen and oxygen atoms in total. The van der Waals surface area contributed by atoms with Gasteiger partial charge in [0.2, 0.25) is 0 Å². The van der Waals surface area contributed by atoms with Crippen LogP contribution in [0.3, 0.4) is 0 Å². The Morgan fingerprint density at radius 1 is 1.19 bits per heavy atom. The fraction of sp³-hybridized carbons (Fsp3) is 0.125. The first kappa shape index (κ1) is 18.2. The molecule has 0 aromatic carbocycles. The first-order valence-electron chi connectivity index (χ1n) is 7.34. The molecule has 3 rings (SSSR count). The van der Waals surface area contributed by atoms with E-state index in [1.807, 2.05) is 17.5 Å². The van der Waals surface area contributed by atoms with Crippen LogP contribution in [0.4, 0.5) is 5.00 Å². The second-order valence-corrected chi connectivity index (χ2v) is 7.80. The number of anilines is 1. The SMILES string of the molecule is CC(OC(=O)c1csc(-c2cccs2)n1)C(=O)Nc1sccc1C(N)=O. The van der Waals surface area contributed by atoms with Gasteiger partial charge in [0.05, 0.1) is 10.4 Å². The largest absolute Gasteiger partial charge is 0.448 e. The first-order chi connectivity index (χ1) is 12.5. The summed E-state index contributed by atoms with van der Waals surface area (Å²) < 4.78 is 5.16. The van der Waals surface area contributed by atoms with E-state index in [0.717, 1.165) is 16.2 Å². The van der Waals surface area contributed by atoms with E-state index in [-0.39, 0.29) is 11.3 Å². The number of hydrogen-bond acceptors (Lipinski definition) is 8. The second kappa shape index (κ2) is 7.77. The molecular weight excluding hydrogens is 394 g/mol. The number of nitrogens with two attached hydrogens (primary N) is 1. The third-order valence-electron chi connectivity index (χ3n) is 3.27. The number of ether oxygens (including phenoxy) is 1. The van der Waals surface area contributed by atoms with Gasteiger partial charge >= 0.3 is 5.97 Å². The molecule has 0 aliphatic carbocycles. The van der Waals surface area contributed by atoms with Gasteiger partial charge in [0.1, 0.15) is 10.0 Å². The maximum absolute atomic E-state index is 12.2. The first-order valence-corrected chi connectivity index (χ1v) is 9.98. The molecule has 0 saturated heterocycles. The van der Waals surface area contributed by atoms with Crippen LogP contribution in [0.5, 0.6) is 0 Å². The van der Waals surface area contributed by atoms with Gasteiger partial charge in [-0.2, -0.15) is 0 Å². The predicted molar refractivity (Wildman–Crippen MR) is 102 cm³/mol. The molecule has 0 bridgehead atoms. The van der Waals surface area contributed by atoms with Crippen molar-refractivity contribution in [2.75, 3.05) is 5.32 Å². The van der Waals surface area contributed by atoms with Gasteiger partial charge in [-0.3, -0.25) is 9.59 Å². The lowest BCUT2D eigenvalue weighted by molar-refractivity contribution is -0.123. The van der Waals surface area contributed by atoms with Crippen LogP contribution in [-0.4, -0.2) is 28.9 Å². The van der Waals surface area contributed by atoms with E-state index < -0.39 is 23.9 Å². The van der Waals surface area contributed by atoms with Crippen molar-refractivity contribution in [3.63, 3.8) is 0 Å². The van der Waals surface area contributed by atoms with E-state index in [0.29, 0.717) is 10.0 Å². The minimum atomic E-state index is -1.06. The van der Waals surface area contributed by atoms with E-state index in [4.69, 9.17) is 10.5 Å². The molecular formula is C16H13N3O4S3. The number of esters is 1. The van der Waals surface area contributed by atoms with Crippen LogP contribution in [0.1, 0.15) is 27.8 Å². The van der Waals surface area contributed by atoms with Crippen molar-refractivity contribution in [1.29, 1.82) is 0 Å². The summed E-state index contributed by atoms with van der Waals surface area (Å²) in [4.78, 5) is 40.9. The number of hydrogen-bond donors (Lipinski definition) is 2. The van der Waals surface area contributed by atoms with E-state index in [2.05, 4.69) is 10.3 Å².